The van der Waals surface area contributed by atoms with Gasteiger partial charge in [-0.2, -0.15) is 0 Å². The highest BCUT2D eigenvalue weighted by Gasteiger charge is 2.36. The van der Waals surface area contributed by atoms with E-state index in [9.17, 15) is 0 Å². The van der Waals surface area contributed by atoms with Crippen molar-refractivity contribution in [2.45, 2.75) is 33.0 Å². The third-order valence-corrected chi connectivity index (χ3v) is 5.72. The maximum Gasteiger partial charge on any atom is 0.209 e. The van der Waals surface area contributed by atoms with Gasteiger partial charge >= 0.3 is 0 Å². The number of tetrazole rings is 1. The standard InChI is InChI=1S/C21H28N6O/c1-17(2)20(21-22-23-24-27(21)15-18-7-4-3-5-8-18)26-12-10-25(11-13-26)16-19-9-6-14-28-19/h3-9,14,17,20H,10-13,15-16H2,1-2H3/p+2/t20-/m0/s1. The first-order valence-electron chi connectivity index (χ1n) is 10.2. The van der Waals surface area contributed by atoms with Crippen LogP contribution in [0.4, 0.5) is 0 Å². The predicted molar refractivity (Wildman–Crippen MR) is 105 cm³/mol. The van der Waals surface area contributed by atoms with Crippen molar-refractivity contribution >= 4 is 0 Å². The van der Waals surface area contributed by atoms with E-state index < -0.39 is 0 Å². The second-order valence-corrected chi connectivity index (χ2v) is 8.07. The number of benzene rings is 1. The smallest absolute Gasteiger partial charge is 0.209 e. The molecular weight excluding hydrogens is 352 g/mol. The molecule has 3 aromatic rings. The van der Waals surface area contributed by atoms with Crippen LogP contribution in [0, 0.1) is 5.92 Å². The van der Waals surface area contributed by atoms with Crippen molar-refractivity contribution in [3.05, 3.63) is 65.9 Å². The molecule has 4 rings (SSSR count). The number of nitrogens with zero attached hydrogens (tertiary/aromatic N) is 4. The van der Waals surface area contributed by atoms with Gasteiger partial charge in [0.2, 0.25) is 5.82 Å². The molecule has 3 heterocycles. The van der Waals surface area contributed by atoms with E-state index in [0.29, 0.717) is 12.0 Å². The van der Waals surface area contributed by atoms with Gasteiger partial charge in [0.05, 0.1) is 12.8 Å². The fourth-order valence-electron chi connectivity index (χ4n) is 4.33. The summed E-state index contributed by atoms with van der Waals surface area (Å²) >= 11 is 0. The lowest BCUT2D eigenvalue weighted by atomic mass is 10.0. The Bertz CT molecular complexity index is 837. The van der Waals surface area contributed by atoms with E-state index >= 15 is 0 Å². The van der Waals surface area contributed by atoms with Crippen LogP contribution in [0.5, 0.6) is 0 Å². The molecule has 1 aromatic carbocycles. The molecule has 0 bridgehead atoms. The number of rotatable bonds is 7. The molecule has 1 atom stereocenters. The van der Waals surface area contributed by atoms with Crippen LogP contribution in [-0.2, 0) is 13.1 Å². The van der Waals surface area contributed by atoms with Gasteiger partial charge < -0.3 is 14.2 Å². The second kappa shape index (κ2) is 8.67. The summed E-state index contributed by atoms with van der Waals surface area (Å²) in [6, 6.07) is 14.8. The van der Waals surface area contributed by atoms with Gasteiger partial charge in [0.15, 0.2) is 11.8 Å². The Morgan fingerprint density at radius 2 is 1.82 bits per heavy atom. The van der Waals surface area contributed by atoms with E-state index in [1.807, 2.05) is 16.8 Å². The molecule has 1 saturated heterocycles. The molecule has 28 heavy (non-hydrogen) atoms. The van der Waals surface area contributed by atoms with E-state index in [2.05, 4.69) is 59.7 Å². The maximum absolute atomic E-state index is 5.52. The maximum atomic E-state index is 5.52. The predicted octanol–water partition coefficient (Wildman–Crippen LogP) is -0.00490. The minimum absolute atomic E-state index is 0.309. The topological polar surface area (TPSA) is 65.6 Å². The first-order chi connectivity index (χ1) is 13.7. The van der Waals surface area contributed by atoms with Gasteiger partial charge in [-0.15, -0.1) is 5.10 Å². The van der Waals surface area contributed by atoms with E-state index in [4.69, 9.17) is 4.42 Å². The third-order valence-electron chi connectivity index (χ3n) is 5.72. The van der Waals surface area contributed by atoms with Crippen molar-refractivity contribution in [3.63, 3.8) is 0 Å². The molecule has 0 spiro atoms. The van der Waals surface area contributed by atoms with Gasteiger partial charge in [-0.1, -0.05) is 44.2 Å². The number of quaternary nitrogens is 2. The van der Waals surface area contributed by atoms with Gasteiger partial charge in [0.25, 0.3) is 0 Å². The summed E-state index contributed by atoms with van der Waals surface area (Å²) in [5, 5.41) is 12.8. The lowest BCUT2D eigenvalue weighted by Crippen LogP contribution is -3.27. The Kier molecular flexibility index (Phi) is 5.83. The quantitative estimate of drug-likeness (QED) is 0.604. The molecule has 0 unspecified atom stereocenters. The molecule has 0 amide bonds. The van der Waals surface area contributed by atoms with E-state index in [-0.39, 0.29) is 0 Å². The normalized spacial score (nSPS) is 21.1. The summed E-state index contributed by atoms with van der Waals surface area (Å²) < 4.78 is 7.50. The summed E-state index contributed by atoms with van der Waals surface area (Å²) in [6.45, 7) is 10.8. The van der Waals surface area contributed by atoms with Crippen molar-refractivity contribution in [2.24, 2.45) is 5.92 Å². The summed E-state index contributed by atoms with van der Waals surface area (Å²) in [4.78, 5) is 3.17. The molecular formula is C21H30N6O+2. The van der Waals surface area contributed by atoms with Gasteiger partial charge in [0.1, 0.15) is 32.7 Å². The zero-order chi connectivity index (χ0) is 19.3. The molecule has 2 N–H and O–H groups in total. The van der Waals surface area contributed by atoms with Crippen LogP contribution in [0.25, 0.3) is 0 Å². The first-order valence-corrected chi connectivity index (χ1v) is 10.2. The van der Waals surface area contributed by atoms with E-state index in [1.165, 1.54) is 5.56 Å². The van der Waals surface area contributed by atoms with Crippen molar-refractivity contribution in [2.75, 3.05) is 26.2 Å². The second-order valence-electron chi connectivity index (χ2n) is 8.07. The molecule has 7 nitrogen and oxygen atoms in total. The summed E-state index contributed by atoms with van der Waals surface area (Å²) in [5.74, 6) is 2.55. The lowest BCUT2D eigenvalue weighted by Gasteiger charge is -2.35. The van der Waals surface area contributed by atoms with Gasteiger partial charge in [-0.3, -0.25) is 0 Å². The van der Waals surface area contributed by atoms with E-state index in [1.54, 1.807) is 16.1 Å². The fraction of sp³-hybridized carbons (Fsp3) is 0.476. The highest BCUT2D eigenvalue weighted by atomic mass is 16.3. The van der Waals surface area contributed by atoms with Crippen LogP contribution in [0.15, 0.2) is 53.1 Å². The van der Waals surface area contributed by atoms with Crippen LogP contribution >= 0.6 is 0 Å². The lowest BCUT2D eigenvalue weighted by molar-refractivity contribution is -1.03. The van der Waals surface area contributed by atoms with Crippen molar-refractivity contribution < 1.29 is 14.2 Å². The number of piperazine rings is 1. The number of nitrogens with one attached hydrogen (secondary N) is 2. The van der Waals surface area contributed by atoms with Gasteiger partial charge in [-0.05, 0) is 28.1 Å². The summed E-state index contributed by atoms with van der Waals surface area (Å²) in [6.07, 6.45) is 1.76. The zero-order valence-electron chi connectivity index (χ0n) is 16.7. The number of aromatic nitrogens is 4. The highest BCUT2D eigenvalue weighted by molar-refractivity contribution is 5.15. The minimum Gasteiger partial charge on any atom is -0.463 e. The number of furan rings is 1. The molecule has 7 heteroatoms. The molecule has 0 radical (unpaired) electrons. The molecule has 1 fully saturated rings. The van der Waals surface area contributed by atoms with Gasteiger partial charge in [0, 0.05) is 5.92 Å². The van der Waals surface area contributed by atoms with Gasteiger partial charge in [-0.25, -0.2) is 4.68 Å². The van der Waals surface area contributed by atoms with Crippen molar-refractivity contribution in [1.82, 2.24) is 20.2 Å². The molecule has 148 valence electrons. The van der Waals surface area contributed by atoms with Crippen LogP contribution < -0.4 is 9.80 Å². The summed E-state index contributed by atoms with van der Waals surface area (Å²) in [7, 11) is 0. The number of hydrogen-bond acceptors (Lipinski definition) is 4. The Morgan fingerprint density at radius 1 is 1.04 bits per heavy atom. The van der Waals surface area contributed by atoms with E-state index in [0.717, 1.165) is 50.9 Å². The highest BCUT2D eigenvalue weighted by Crippen LogP contribution is 2.17. The Morgan fingerprint density at radius 3 is 2.50 bits per heavy atom. The Labute approximate surface area is 165 Å². The monoisotopic (exact) mass is 382 g/mol. The fourth-order valence-corrected chi connectivity index (χ4v) is 4.33. The van der Waals surface area contributed by atoms with Crippen LogP contribution in [0.1, 0.15) is 37.0 Å². The molecule has 0 aliphatic carbocycles. The average molecular weight is 383 g/mol. The zero-order valence-corrected chi connectivity index (χ0v) is 16.7. The van der Waals surface area contributed by atoms with Crippen molar-refractivity contribution in [1.29, 1.82) is 0 Å². The van der Waals surface area contributed by atoms with Crippen LogP contribution in [0.2, 0.25) is 0 Å². The third kappa shape index (κ3) is 4.31. The molecule has 0 saturated carbocycles. The summed E-state index contributed by atoms with van der Waals surface area (Å²) in [5.41, 5.74) is 1.22. The van der Waals surface area contributed by atoms with Crippen LogP contribution in [-0.4, -0.2) is 46.4 Å². The minimum atomic E-state index is 0.309. The Hall–Kier alpha value is -2.51. The van der Waals surface area contributed by atoms with Crippen LogP contribution in [0.3, 0.4) is 0 Å². The SMILES string of the molecule is CC(C)[C@@H](c1nnnn1Cc1ccccc1)[NH+]1CC[NH+](Cc2ccco2)CC1. The molecule has 1 aliphatic heterocycles. The Balaban J connectivity index is 1.44. The average Bonchev–Trinajstić information content (AvgIpc) is 3.37. The molecule has 1 aliphatic rings. The van der Waals surface area contributed by atoms with Crippen molar-refractivity contribution in [3.8, 4) is 0 Å². The number of hydrogen-bond donors (Lipinski definition) is 2. The largest absolute Gasteiger partial charge is 0.463 e. The first kappa shape index (κ1) is 18.8. The molecule has 2 aromatic heterocycles.